The molecule has 1 aromatic heterocycles. The molecule has 0 saturated heterocycles. The molecule has 0 aliphatic carbocycles. The lowest BCUT2D eigenvalue weighted by Gasteiger charge is -2.20. The molecule has 0 saturated carbocycles. The van der Waals surface area contributed by atoms with E-state index >= 15 is 0 Å². The lowest BCUT2D eigenvalue weighted by molar-refractivity contribution is -0.137. The highest BCUT2D eigenvalue weighted by Crippen LogP contribution is 2.31. The molecule has 0 aliphatic heterocycles. The minimum Gasteiger partial charge on any atom is -0.444 e. The molecule has 2 aromatic carbocycles. The molecule has 1 amide bonds. The van der Waals surface area contributed by atoms with Gasteiger partial charge in [-0.2, -0.15) is 13.2 Å². The van der Waals surface area contributed by atoms with E-state index in [9.17, 15) is 27.2 Å². The Hall–Kier alpha value is -3.14. The number of benzene rings is 2. The van der Waals surface area contributed by atoms with E-state index in [0.717, 1.165) is 10.6 Å². The first-order chi connectivity index (χ1) is 15.3. The van der Waals surface area contributed by atoms with Crippen LogP contribution in [0.4, 0.5) is 22.4 Å². The molecule has 33 heavy (non-hydrogen) atoms. The third-order valence-electron chi connectivity index (χ3n) is 4.40. The van der Waals surface area contributed by atoms with Crippen LogP contribution in [0.2, 0.25) is 5.02 Å². The summed E-state index contributed by atoms with van der Waals surface area (Å²) in [4.78, 5) is 29.5. The number of nitrogens with zero attached hydrogens (tertiary/aromatic N) is 2. The molecule has 1 heterocycles. The molecule has 1 N–H and O–H groups in total. The number of halogens is 5. The zero-order valence-corrected chi connectivity index (χ0v) is 18.6. The minimum absolute atomic E-state index is 0.00421. The zero-order valence-electron chi connectivity index (χ0n) is 17.9. The fourth-order valence-corrected chi connectivity index (χ4v) is 3.38. The Balaban J connectivity index is 2.11. The van der Waals surface area contributed by atoms with Crippen molar-refractivity contribution < 1.29 is 27.1 Å². The van der Waals surface area contributed by atoms with Crippen LogP contribution in [0.5, 0.6) is 0 Å². The summed E-state index contributed by atoms with van der Waals surface area (Å²) in [6.07, 6.45) is -5.61. The Morgan fingerprint density at radius 1 is 1.18 bits per heavy atom. The predicted octanol–water partition coefficient (Wildman–Crippen LogP) is 5.26. The smallest absolute Gasteiger partial charge is 0.416 e. The molecule has 0 fully saturated rings. The van der Waals surface area contributed by atoms with Gasteiger partial charge in [-0.1, -0.05) is 17.7 Å². The van der Waals surface area contributed by atoms with E-state index in [0.29, 0.717) is 12.1 Å². The maximum absolute atomic E-state index is 14.1. The summed E-state index contributed by atoms with van der Waals surface area (Å²) in [6, 6.07) is 6.30. The summed E-state index contributed by atoms with van der Waals surface area (Å²) in [5.74, 6) is -1.17. The number of carbonyl (C=O) groups is 1. The molecule has 3 rings (SSSR count). The molecule has 0 spiro atoms. The molecule has 176 valence electrons. The highest BCUT2D eigenvalue weighted by atomic mass is 35.5. The molecular weight excluding hydrogens is 466 g/mol. The number of hydrogen-bond acceptors (Lipinski definition) is 4. The monoisotopic (exact) mass is 485 g/mol. The standard InChI is InChI=1S/C22H20ClF4N3O3/c1-21(2,3)33-20(32)28-8-7-17-29-16-6-4-5-15(23)18(16)19(31)30(17)14-10-12(22(25,26)27)9-13(24)11-14/h4-6,9-11H,7-8H2,1-3H3,(H,28,32). The van der Waals surface area contributed by atoms with Crippen molar-refractivity contribution in [2.24, 2.45) is 0 Å². The van der Waals surface area contributed by atoms with Crippen molar-refractivity contribution in [1.82, 2.24) is 14.9 Å². The van der Waals surface area contributed by atoms with E-state index < -0.39 is 34.8 Å². The normalized spacial score (nSPS) is 12.1. The lowest BCUT2D eigenvalue weighted by Crippen LogP contribution is -2.34. The first kappa shape index (κ1) is 24.5. The summed E-state index contributed by atoms with van der Waals surface area (Å²) < 4.78 is 59.9. The van der Waals surface area contributed by atoms with Crippen molar-refractivity contribution >= 4 is 28.6 Å². The molecule has 11 heteroatoms. The maximum Gasteiger partial charge on any atom is 0.416 e. The van der Waals surface area contributed by atoms with E-state index in [1.54, 1.807) is 26.8 Å². The van der Waals surface area contributed by atoms with E-state index in [1.165, 1.54) is 12.1 Å². The summed E-state index contributed by atoms with van der Waals surface area (Å²) >= 11 is 6.14. The van der Waals surface area contributed by atoms with Crippen molar-refractivity contribution in [3.05, 3.63) is 69.0 Å². The van der Waals surface area contributed by atoms with E-state index in [2.05, 4.69) is 10.3 Å². The number of alkyl halides is 3. The average Bonchev–Trinajstić information content (AvgIpc) is 2.65. The molecule has 0 aliphatic rings. The minimum atomic E-state index is -4.83. The van der Waals surface area contributed by atoms with Gasteiger partial charge in [-0.25, -0.2) is 14.2 Å². The quantitative estimate of drug-likeness (QED) is 0.511. The molecular formula is C22H20ClF4N3O3. The number of fused-ring (bicyclic) bond motifs is 1. The Labute approximate surface area is 191 Å². The largest absolute Gasteiger partial charge is 0.444 e. The van der Waals surface area contributed by atoms with Gasteiger partial charge in [0.15, 0.2) is 0 Å². The van der Waals surface area contributed by atoms with Crippen LogP contribution in [-0.4, -0.2) is 27.8 Å². The van der Waals surface area contributed by atoms with Gasteiger partial charge in [-0.05, 0) is 51.1 Å². The predicted molar refractivity (Wildman–Crippen MR) is 115 cm³/mol. The van der Waals surface area contributed by atoms with Crippen LogP contribution in [0.25, 0.3) is 16.6 Å². The third-order valence-corrected chi connectivity index (χ3v) is 4.72. The highest BCUT2D eigenvalue weighted by Gasteiger charge is 2.32. The molecule has 0 radical (unpaired) electrons. The number of aromatic nitrogens is 2. The number of alkyl carbamates (subject to hydrolysis) is 1. The topological polar surface area (TPSA) is 73.2 Å². The van der Waals surface area contributed by atoms with E-state index in [-0.39, 0.29) is 40.4 Å². The average molecular weight is 486 g/mol. The van der Waals surface area contributed by atoms with Gasteiger partial charge in [-0.15, -0.1) is 0 Å². The van der Waals surface area contributed by atoms with Crippen LogP contribution in [0, 0.1) is 5.82 Å². The van der Waals surface area contributed by atoms with Crippen molar-refractivity contribution in [3.63, 3.8) is 0 Å². The number of ether oxygens (including phenoxy) is 1. The number of carbonyl (C=O) groups excluding carboxylic acids is 1. The SMILES string of the molecule is CC(C)(C)OC(=O)NCCc1nc2cccc(Cl)c2c(=O)n1-c1cc(F)cc(C(F)(F)F)c1. The van der Waals surface area contributed by atoms with Gasteiger partial charge >= 0.3 is 12.3 Å². The van der Waals surface area contributed by atoms with E-state index in [1.807, 2.05) is 0 Å². The second kappa shape index (κ2) is 9.01. The van der Waals surface area contributed by atoms with Crippen LogP contribution in [0.1, 0.15) is 32.2 Å². The highest BCUT2D eigenvalue weighted by molar-refractivity contribution is 6.35. The molecule has 0 atom stereocenters. The molecule has 0 unspecified atom stereocenters. The Morgan fingerprint density at radius 2 is 1.88 bits per heavy atom. The number of hydrogen-bond donors (Lipinski definition) is 1. The van der Waals surface area contributed by atoms with Crippen LogP contribution in [0.15, 0.2) is 41.2 Å². The molecule has 6 nitrogen and oxygen atoms in total. The van der Waals surface area contributed by atoms with Gasteiger partial charge in [-0.3, -0.25) is 9.36 Å². The zero-order chi connectivity index (χ0) is 24.6. The Bertz CT molecular complexity index is 1270. The summed E-state index contributed by atoms with van der Waals surface area (Å²) in [6.45, 7) is 5.00. The summed E-state index contributed by atoms with van der Waals surface area (Å²) in [5, 5.41) is 2.51. The van der Waals surface area contributed by atoms with Gasteiger partial charge < -0.3 is 10.1 Å². The van der Waals surface area contributed by atoms with Gasteiger partial charge in [0.05, 0.1) is 27.2 Å². The summed E-state index contributed by atoms with van der Waals surface area (Å²) in [7, 11) is 0. The number of rotatable bonds is 4. The fourth-order valence-electron chi connectivity index (χ4n) is 3.13. The van der Waals surface area contributed by atoms with Crippen molar-refractivity contribution in [3.8, 4) is 5.69 Å². The lowest BCUT2D eigenvalue weighted by atomic mass is 10.1. The van der Waals surface area contributed by atoms with Gasteiger partial charge in [0.2, 0.25) is 0 Å². The van der Waals surface area contributed by atoms with Crippen molar-refractivity contribution in [2.45, 2.75) is 39.0 Å². The second-order valence-corrected chi connectivity index (χ2v) is 8.58. The van der Waals surface area contributed by atoms with E-state index in [4.69, 9.17) is 16.3 Å². The Kier molecular flexibility index (Phi) is 6.69. The third kappa shape index (κ3) is 5.81. The van der Waals surface area contributed by atoms with Crippen LogP contribution in [-0.2, 0) is 17.3 Å². The number of amides is 1. The van der Waals surface area contributed by atoms with Gasteiger partial charge in [0.25, 0.3) is 5.56 Å². The second-order valence-electron chi connectivity index (χ2n) is 8.18. The summed E-state index contributed by atoms with van der Waals surface area (Å²) in [5.41, 5.74) is -2.92. The fraction of sp³-hybridized carbons (Fsp3) is 0.318. The number of nitrogens with one attached hydrogen (secondary N) is 1. The first-order valence-corrected chi connectivity index (χ1v) is 10.2. The Morgan fingerprint density at radius 3 is 2.52 bits per heavy atom. The van der Waals surface area contributed by atoms with Crippen molar-refractivity contribution in [2.75, 3.05) is 6.54 Å². The van der Waals surface area contributed by atoms with Gasteiger partial charge in [0.1, 0.15) is 17.2 Å². The van der Waals surface area contributed by atoms with Crippen LogP contribution in [0.3, 0.4) is 0 Å². The molecule has 3 aromatic rings. The van der Waals surface area contributed by atoms with Crippen LogP contribution >= 0.6 is 11.6 Å². The van der Waals surface area contributed by atoms with Crippen molar-refractivity contribution in [1.29, 1.82) is 0 Å². The van der Waals surface area contributed by atoms with Gasteiger partial charge in [0, 0.05) is 13.0 Å². The maximum atomic E-state index is 14.1. The molecule has 0 bridgehead atoms. The first-order valence-electron chi connectivity index (χ1n) is 9.81. The van der Waals surface area contributed by atoms with Crippen LogP contribution < -0.4 is 10.9 Å².